The Morgan fingerprint density at radius 3 is 2.52 bits per heavy atom. The molecule has 0 spiro atoms. The van der Waals surface area contributed by atoms with Crippen molar-refractivity contribution in [3.63, 3.8) is 0 Å². The van der Waals surface area contributed by atoms with Crippen LogP contribution in [0.25, 0.3) is 0 Å². The largest absolute Gasteiger partial charge is 0.496 e. The zero-order chi connectivity index (χ0) is 15.6. The number of anilines is 1. The standard InChI is InChI=1S/C15H15NO4S/c1-8-4-9(2)13(11(5-8)15(18)19)16-14(17)12-6-10(20-3)7-21-12/h4-7H,1-3H3,(H,16,17)(H,18,19). The highest BCUT2D eigenvalue weighted by molar-refractivity contribution is 7.12. The Kier molecular flexibility index (Phi) is 4.28. The van der Waals surface area contributed by atoms with Gasteiger partial charge in [0.25, 0.3) is 5.91 Å². The van der Waals surface area contributed by atoms with Gasteiger partial charge in [-0.2, -0.15) is 0 Å². The summed E-state index contributed by atoms with van der Waals surface area (Å²) < 4.78 is 5.03. The lowest BCUT2D eigenvalue weighted by Crippen LogP contribution is -2.15. The molecule has 0 unspecified atom stereocenters. The van der Waals surface area contributed by atoms with Crippen LogP contribution in [0.4, 0.5) is 5.69 Å². The molecule has 2 aromatic rings. The molecule has 0 bridgehead atoms. The molecule has 0 fully saturated rings. The number of nitrogens with one attached hydrogen (secondary N) is 1. The highest BCUT2D eigenvalue weighted by Crippen LogP contribution is 2.26. The fraction of sp³-hybridized carbons (Fsp3) is 0.200. The molecule has 2 N–H and O–H groups in total. The second-order valence-electron chi connectivity index (χ2n) is 4.61. The lowest BCUT2D eigenvalue weighted by Gasteiger charge is -2.12. The van der Waals surface area contributed by atoms with Crippen LogP contribution in [-0.2, 0) is 0 Å². The van der Waals surface area contributed by atoms with E-state index in [1.807, 2.05) is 13.0 Å². The number of rotatable bonds is 4. The number of carbonyl (C=O) groups is 2. The molecule has 5 nitrogen and oxygen atoms in total. The van der Waals surface area contributed by atoms with E-state index in [2.05, 4.69) is 5.32 Å². The summed E-state index contributed by atoms with van der Waals surface area (Å²) in [5, 5.41) is 13.7. The van der Waals surface area contributed by atoms with Crippen molar-refractivity contribution in [2.45, 2.75) is 13.8 Å². The number of thiophene rings is 1. The third kappa shape index (κ3) is 3.22. The van der Waals surface area contributed by atoms with Crippen LogP contribution in [0.1, 0.15) is 31.2 Å². The number of carboxylic acid groups (broad SMARTS) is 1. The number of amides is 1. The molecule has 1 aromatic carbocycles. The van der Waals surface area contributed by atoms with Crippen LogP contribution in [-0.4, -0.2) is 24.1 Å². The fourth-order valence-corrected chi connectivity index (χ4v) is 2.77. The zero-order valence-corrected chi connectivity index (χ0v) is 12.7. The fourth-order valence-electron chi connectivity index (χ4n) is 2.02. The van der Waals surface area contributed by atoms with Gasteiger partial charge in [-0.25, -0.2) is 4.79 Å². The Morgan fingerprint density at radius 1 is 1.24 bits per heavy atom. The minimum absolute atomic E-state index is 0.0874. The summed E-state index contributed by atoms with van der Waals surface area (Å²) >= 11 is 1.24. The van der Waals surface area contributed by atoms with E-state index in [0.29, 0.717) is 21.9 Å². The molecule has 110 valence electrons. The van der Waals surface area contributed by atoms with Crippen LogP contribution >= 0.6 is 11.3 Å². The van der Waals surface area contributed by atoms with E-state index < -0.39 is 5.97 Å². The number of hydrogen-bond donors (Lipinski definition) is 2. The van der Waals surface area contributed by atoms with Crippen molar-refractivity contribution in [2.24, 2.45) is 0 Å². The van der Waals surface area contributed by atoms with Gasteiger partial charge < -0.3 is 15.2 Å². The molecular weight excluding hydrogens is 290 g/mol. The molecule has 2 rings (SSSR count). The van der Waals surface area contributed by atoms with Crippen LogP contribution in [0.15, 0.2) is 23.6 Å². The van der Waals surface area contributed by atoms with Crippen molar-refractivity contribution in [3.8, 4) is 5.75 Å². The number of aromatic carboxylic acids is 1. The summed E-state index contributed by atoms with van der Waals surface area (Å²) in [4.78, 5) is 24.0. The van der Waals surface area contributed by atoms with E-state index in [4.69, 9.17) is 4.74 Å². The van der Waals surface area contributed by atoms with E-state index in [1.165, 1.54) is 18.4 Å². The maximum absolute atomic E-state index is 12.2. The summed E-state index contributed by atoms with van der Waals surface area (Å²) in [5.41, 5.74) is 1.96. The Labute approximate surface area is 126 Å². The van der Waals surface area contributed by atoms with Crippen molar-refractivity contribution in [1.82, 2.24) is 0 Å². The van der Waals surface area contributed by atoms with Gasteiger partial charge in [-0.1, -0.05) is 6.07 Å². The molecule has 0 atom stereocenters. The molecule has 1 aromatic heterocycles. The van der Waals surface area contributed by atoms with Gasteiger partial charge in [0.05, 0.1) is 23.2 Å². The van der Waals surface area contributed by atoms with Gasteiger partial charge in [-0.3, -0.25) is 4.79 Å². The lowest BCUT2D eigenvalue weighted by molar-refractivity contribution is 0.0698. The molecule has 1 amide bonds. The Balaban J connectivity index is 2.34. The first-order valence-electron chi connectivity index (χ1n) is 6.20. The third-order valence-corrected chi connectivity index (χ3v) is 3.89. The molecule has 0 saturated heterocycles. The summed E-state index contributed by atoms with van der Waals surface area (Å²) in [6.07, 6.45) is 0. The molecule has 0 aliphatic carbocycles. The minimum Gasteiger partial charge on any atom is -0.496 e. The number of hydrogen-bond acceptors (Lipinski definition) is 4. The van der Waals surface area contributed by atoms with E-state index in [-0.39, 0.29) is 11.5 Å². The van der Waals surface area contributed by atoms with Gasteiger partial charge in [0.15, 0.2) is 0 Å². The topological polar surface area (TPSA) is 75.6 Å². The van der Waals surface area contributed by atoms with E-state index in [1.54, 1.807) is 24.4 Å². The molecule has 0 aliphatic rings. The van der Waals surface area contributed by atoms with E-state index >= 15 is 0 Å². The molecule has 0 radical (unpaired) electrons. The number of carbonyl (C=O) groups excluding carboxylic acids is 1. The molecule has 1 heterocycles. The Hall–Kier alpha value is -2.34. The monoisotopic (exact) mass is 305 g/mol. The Bertz CT molecular complexity index is 706. The van der Waals surface area contributed by atoms with Gasteiger partial charge in [-0.15, -0.1) is 11.3 Å². The van der Waals surface area contributed by atoms with E-state index in [9.17, 15) is 14.7 Å². The predicted molar refractivity (Wildman–Crippen MR) is 81.7 cm³/mol. The summed E-state index contributed by atoms with van der Waals surface area (Å²) in [5.74, 6) is -0.817. The van der Waals surface area contributed by atoms with Crippen LogP contribution in [0.3, 0.4) is 0 Å². The first-order valence-corrected chi connectivity index (χ1v) is 7.08. The average Bonchev–Trinajstić information content (AvgIpc) is 2.90. The second kappa shape index (κ2) is 5.97. The molecular formula is C15H15NO4S. The van der Waals surface area contributed by atoms with Crippen molar-refractivity contribution >= 4 is 28.9 Å². The van der Waals surface area contributed by atoms with Crippen LogP contribution in [0, 0.1) is 13.8 Å². The van der Waals surface area contributed by atoms with Gasteiger partial charge >= 0.3 is 5.97 Å². The highest BCUT2D eigenvalue weighted by atomic mass is 32.1. The maximum atomic E-state index is 12.2. The Morgan fingerprint density at radius 2 is 1.95 bits per heavy atom. The smallest absolute Gasteiger partial charge is 0.337 e. The number of carboxylic acids is 1. The zero-order valence-electron chi connectivity index (χ0n) is 11.9. The average molecular weight is 305 g/mol. The minimum atomic E-state index is -1.07. The van der Waals surface area contributed by atoms with Gasteiger partial charge in [0, 0.05) is 11.4 Å². The summed E-state index contributed by atoms with van der Waals surface area (Å²) in [6, 6.07) is 4.99. The number of ether oxygens (including phenoxy) is 1. The molecule has 0 saturated carbocycles. The molecule has 0 aliphatic heterocycles. The first-order chi connectivity index (χ1) is 9.92. The second-order valence-corrected chi connectivity index (χ2v) is 5.53. The SMILES string of the molecule is COc1csc(C(=O)Nc2c(C)cc(C)cc2C(=O)O)c1. The molecule has 6 heteroatoms. The van der Waals surface area contributed by atoms with Crippen LogP contribution in [0.2, 0.25) is 0 Å². The molecule has 21 heavy (non-hydrogen) atoms. The van der Waals surface area contributed by atoms with E-state index in [0.717, 1.165) is 5.56 Å². The normalized spacial score (nSPS) is 10.2. The van der Waals surface area contributed by atoms with Crippen LogP contribution < -0.4 is 10.1 Å². The van der Waals surface area contributed by atoms with Gasteiger partial charge in [0.2, 0.25) is 0 Å². The number of methoxy groups -OCH3 is 1. The van der Waals surface area contributed by atoms with Gasteiger partial charge in [-0.05, 0) is 31.0 Å². The predicted octanol–water partition coefficient (Wildman–Crippen LogP) is 3.32. The first kappa shape index (κ1) is 15.1. The van der Waals surface area contributed by atoms with Crippen molar-refractivity contribution in [3.05, 3.63) is 45.1 Å². The van der Waals surface area contributed by atoms with Crippen molar-refractivity contribution in [1.29, 1.82) is 0 Å². The van der Waals surface area contributed by atoms with Crippen LogP contribution in [0.5, 0.6) is 5.75 Å². The lowest BCUT2D eigenvalue weighted by atomic mass is 10.0. The number of aryl methyl sites for hydroxylation is 2. The summed E-state index contributed by atoms with van der Waals surface area (Å²) in [6.45, 7) is 3.58. The third-order valence-electron chi connectivity index (χ3n) is 2.98. The van der Waals surface area contributed by atoms with Crippen molar-refractivity contribution in [2.75, 3.05) is 12.4 Å². The van der Waals surface area contributed by atoms with Gasteiger partial charge in [0.1, 0.15) is 5.75 Å². The highest BCUT2D eigenvalue weighted by Gasteiger charge is 2.17. The summed E-state index contributed by atoms with van der Waals surface area (Å²) in [7, 11) is 1.52. The quantitative estimate of drug-likeness (QED) is 0.908. The van der Waals surface area contributed by atoms with Crippen molar-refractivity contribution < 1.29 is 19.4 Å². The maximum Gasteiger partial charge on any atom is 0.337 e. The number of benzene rings is 1.